The number of hydrogen-bond donors (Lipinski definition) is 1. The van der Waals surface area contributed by atoms with Gasteiger partial charge in [-0.3, -0.25) is 25.0 Å². The number of nitro groups is 2. The van der Waals surface area contributed by atoms with Gasteiger partial charge in [-0.2, -0.15) is 0 Å². The second-order valence-electron chi connectivity index (χ2n) is 5.05. The number of halogens is 1. The molecule has 1 N–H and O–H groups in total. The third kappa shape index (κ3) is 3.33. The van der Waals surface area contributed by atoms with Crippen LogP contribution in [-0.2, 0) is 0 Å². The first-order valence-electron chi connectivity index (χ1n) is 6.72. The molecule has 0 radical (unpaired) electrons. The number of hydrogen-bond acceptors (Lipinski definition) is 6. The fraction of sp³-hybridized carbons (Fsp3) is 0.133. The van der Waals surface area contributed by atoms with Gasteiger partial charge in [-0.15, -0.1) is 0 Å². The maximum Gasteiger partial charge on any atom is 0.300 e. The summed E-state index contributed by atoms with van der Waals surface area (Å²) in [5.41, 5.74) is 0.368. The molecule has 0 aromatic heterocycles. The van der Waals surface area contributed by atoms with Crippen molar-refractivity contribution in [2.75, 3.05) is 5.32 Å². The predicted molar refractivity (Wildman–Crippen MR) is 89.1 cm³/mol. The maximum atomic E-state index is 11.3. The third-order valence-corrected chi connectivity index (χ3v) is 3.80. The van der Waals surface area contributed by atoms with Crippen LogP contribution in [-0.4, -0.2) is 15.1 Å². The van der Waals surface area contributed by atoms with Gasteiger partial charge in [-0.05, 0) is 42.6 Å². The summed E-state index contributed by atoms with van der Waals surface area (Å²) < 4.78 is 0. The van der Waals surface area contributed by atoms with Crippen molar-refractivity contribution in [2.45, 2.75) is 13.8 Å². The molecule has 0 fully saturated rings. The van der Waals surface area contributed by atoms with Gasteiger partial charge in [0.05, 0.1) is 9.85 Å². The molecule has 0 aliphatic carbocycles. The standard InChI is InChI=1S/C15H12ClN3O5/c1-8-4-3-5-11(9(8)2)17-14-12(18(21)22)6-10(15(16)20)7-13(14)19(23)24/h3-7,17H,1-2H3. The molecule has 0 atom stereocenters. The van der Waals surface area contributed by atoms with Gasteiger partial charge in [0.2, 0.25) is 0 Å². The molecule has 0 heterocycles. The summed E-state index contributed by atoms with van der Waals surface area (Å²) in [7, 11) is 0. The minimum atomic E-state index is -1.01. The van der Waals surface area contributed by atoms with E-state index in [2.05, 4.69) is 5.32 Å². The van der Waals surface area contributed by atoms with Crippen LogP contribution in [0.4, 0.5) is 22.7 Å². The Balaban J connectivity index is 2.71. The summed E-state index contributed by atoms with van der Waals surface area (Å²) in [5, 5.41) is 24.3. The van der Waals surface area contributed by atoms with Crippen LogP contribution in [0.25, 0.3) is 0 Å². The average molecular weight is 350 g/mol. The number of benzene rings is 2. The molecule has 0 aliphatic heterocycles. The van der Waals surface area contributed by atoms with Crippen LogP contribution in [0.3, 0.4) is 0 Å². The minimum Gasteiger partial charge on any atom is -0.344 e. The van der Waals surface area contributed by atoms with Crippen molar-refractivity contribution in [1.29, 1.82) is 0 Å². The van der Waals surface area contributed by atoms with Gasteiger partial charge in [-0.1, -0.05) is 12.1 Å². The van der Waals surface area contributed by atoms with E-state index in [1.807, 2.05) is 13.0 Å². The quantitative estimate of drug-likeness (QED) is 0.490. The molecule has 9 heteroatoms. The zero-order valence-electron chi connectivity index (χ0n) is 12.7. The highest BCUT2D eigenvalue weighted by molar-refractivity contribution is 6.67. The van der Waals surface area contributed by atoms with E-state index >= 15 is 0 Å². The molecule has 8 nitrogen and oxygen atoms in total. The van der Waals surface area contributed by atoms with Crippen molar-refractivity contribution in [3.63, 3.8) is 0 Å². The molecule has 0 amide bonds. The van der Waals surface area contributed by atoms with Crippen LogP contribution >= 0.6 is 11.6 Å². The lowest BCUT2D eigenvalue weighted by molar-refractivity contribution is -0.392. The Morgan fingerprint density at radius 3 is 2.08 bits per heavy atom. The number of nitrogens with one attached hydrogen (secondary N) is 1. The molecule has 24 heavy (non-hydrogen) atoms. The number of nitro benzene ring substituents is 2. The first-order chi connectivity index (χ1) is 11.2. The number of nitrogens with zero attached hydrogens (tertiary/aromatic N) is 2. The SMILES string of the molecule is Cc1cccc(Nc2c([N+](=O)[O-])cc(C(=O)Cl)cc2[N+](=O)[O-])c1C. The highest BCUT2D eigenvalue weighted by Gasteiger charge is 2.28. The second-order valence-corrected chi connectivity index (χ2v) is 5.39. The zero-order valence-corrected chi connectivity index (χ0v) is 13.5. The summed E-state index contributed by atoms with van der Waals surface area (Å²) >= 11 is 5.31. The molecule has 0 aliphatic rings. The van der Waals surface area contributed by atoms with Crippen molar-refractivity contribution in [3.05, 3.63) is 67.3 Å². The van der Waals surface area contributed by atoms with E-state index in [0.29, 0.717) is 5.69 Å². The molecule has 124 valence electrons. The summed E-state index contributed by atoms with van der Waals surface area (Å²) in [6.45, 7) is 3.63. The smallest absolute Gasteiger partial charge is 0.300 e. The van der Waals surface area contributed by atoms with Gasteiger partial charge in [0.1, 0.15) is 0 Å². The van der Waals surface area contributed by atoms with E-state index in [9.17, 15) is 25.0 Å². The fourth-order valence-electron chi connectivity index (χ4n) is 2.16. The lowest BCUT2D eigenvalue weighted by atomic mass is 10.1. The van der Waals surface area contributed by atoms with Gasteiger partial charge in [-0.25, -0.2) is 0 Å². The van der Waals surface area contributed by atoms with Crippen molar-refractivity contribution in [1.82, 2.24) is 0 Å². The van der Waals surface area contributed by atoms with Gasteiger partial charge in [0, 0.05) is 23.4 Å². The Morgan fingerprint density at radius 1 is 1.08 bits per heavy atom. The Morgan fingerprint density at radius 2 is 1.62 bits per heavy atom. The van der Waals surface area contributed by atoms with E-state index in [-0.39, 0.29) is 11.3 Å². The first-order valence-corrected chi connectivity index (χ1v) is 7.10. The Labute approximate surface area is 141 Å². The van der Waals surface area contributed by atoms with Gasteiger partial charge < -0.3 is 5.32 Å². The molecule has 0 saturated carbocycles. The first kappa shape index (κ1) is 17.4. The summed E-state index contributed by atoms with van der Waals surface area (Å²) in [5.74, 6) is 0. The fourth-order valence-corrected chi connectivity index (χ4v) is 2.27. The number of aryl methyl sites for hydroxylation is 1. The predicted octanol–water partition coefficient (Wildman–Crippen LogP) is 4.24. The van der Waals surface area contributed by atoms with Crippen LogP contribution in [0.5, 0.6) is 0 Å². The molecule has 0 unspecified atom stereocenters. The number of carbonyl (C=O) groups is 1. The molecule has 0 bridgehead atoms. The normalized spacial score (nSPS) is 10.3. The lowest BCUT2D eigenvalue weighted by Crippen LogP contribution is -2.05. The van der Waals surface area contributed by atoms with Crippen LogP contribution in [0.15, 0.2) is 30.3 Å². The van der Waals surface area contributed by atoms with E-state index in [4.69, 9.17) is 11.6 Å². The average Bonchev–Trinajstić information content (AvgIpc) is 2.51. The monoisotopic (exact) mass is 349 g/mol. The minimum absolute atomic E-state index is 0.305. The molecular formula is C15H12ClN3O5. The van der Waals surface area contributed by atoms with Crippen molar-refractivity contribution < 1.29 is 14.6 Å². The van der Waals surface area contributed by atoms with Crippen molar-refractivity contribution >= 4 is 39.6 Å². The zero-order chi connectivity index (χ0) is 18.0. The highest BCUT2D eigenvalue weighted by Crippen LogP contribution is 2.39. The van der Waals surface area contributed by atoms with Crippen LogP contribution in [0, 0.1) is 34.1 Å². The Bertz CT molecular complexity index is 831. The van der Waals surface area contributed by atoms with Crippen LogP contribution in [0.2, 0.25) is 0 Å². The van der Waals surface area contributed by atoms with Crippen LogP contribution < -0.4 is 5.32 Å². The topological polar surface area (TPSA) is 115 Å². The lowest BCUT2D eigenvalue weighted by Gasteiger charge is -2.12. The summed E-state index contributed by atoms with van der Waals surface area (Å²) in [6.07, 6.45) is 0. The highest BCUT2D eigenvalue weighted by atomic mass is 35.5. The maximum absolute atomic E-state index is 11.3. The Kier molecular flexibility index (Phi) is 4.79. The van der Waals surface area contributed by atoms with Crippen molar-refractivity contribution in [2.24, 2.45) is 0 Å². The summed E-state index contributed by atoms with van der Waals surface area (Å²) in [6, 6.07) is 7.04. The molecule has 2 aromatic rings. The largest absolute Gasteiger partial charge is 0.344 e. The molecular weight excluding hydrogens is 338 g/mol. The van der Waals surface area contributed by atoms with Crippen molar-refractivity contribution in [3.8, 4) is 0 Å². The van der Waals surface area contributed by atoms with Gasteiger partial charge in [0.25, 0.3) is 5.24 Å². The Hall–Kier alpha value is -3.00. The summed E-state index contributed by atoms with van der Waals surface area (Å²) in [4.78, 5) is 32.3. The number of rotatable bonds is 5. The van der Waals surface area contributed by atoms with E-state index in [0.717, 1.165) is 23.3 Å². The second kappa shape index (κ2) is 6.63. The van der Waals surface area contributed by atoms with E-state index in [1.165, 1.54) is 0 Å². The van der Waals surface area contributed by atoms with Gasteiger partial charge >= 0.3 is 11.4 Å². The van der Waals surface area contributed by atoms with Crippen LogP contribution in [0.1, 0.15) is 21.5 Å². The molecule has 0 saturated heterocycles. The molecule has 0 spiro atoms. The third-order valence-electron chi connectivity index (χ3n) is 3.58. The molecule has 2 aromatic carbocycles. The molecule has 2 rings (SSSR count). The van der Waals surface area contributed by atoms with Gasteiger partial charge in [0.15, 0.2) is 5.69 Å². The number of carbonyl (C=O) groups excluding carboxylic acids is 1. The van der Waals surface area contributed by atoms with E-state index < -0.39 is 26.5 Å². The number of anilines is 2. The van der Waals surface area contributed by atoms with E-state index in [1.54, 1.807) is 19.1 Å².